The second kappa shape index (κ2) is 6.81. The quantitative estimate of drug-likeness (QED) is 0.883. The van der Waals surface area contributed by atoms with E-state index in [1.54, 1.807) is 7.11 Å². The fourth-order valence-corrected chi connectivity index (χ4v) is 3.34. The highest BCUT2D eigenvalue weighted by Gasteiger charge is 2.28. The Labute approximate surface area is 142 Å². The molecule has 1 fully saturated rings. The first-order chi connectivity index (χ1) is 11.8. The van der Waals surface area contributed by atoms with Gasteiger partial charge in [-0.05, 0) is 31.7 Å². The van der Waals surface area contributed by atoms with E-state index in [2.05, 4.69) is 26.1 Å². The van der Waals surface area contributed by atoms with Gasteiger partial charge in [-0.15, -0.1) is 10.2 Å². The highest BCUT2D eigenvalue weighted by molar-refractivity contribution is 5.43. The number of nitrogens with one attached hydrogen (secondary N) is 1. The van der Waals surface area contributed by atoms with E-state index in [0.717, 1.165) is 49.9 Å². The minimum atomic E-state index is 0.314. The Morgan fingerprint density at radius 2 is 2.25 bits per heavy atom. The van der Waals surface area contributed by atoms with E-state index in [0.29, 0.717) is 12.0 Å². The molecule has 24 heavy (non-hydrogen) atoms. The third kappa shape index (κ3) is 3.24. The van der Waals surface area contributed by atoms with E-state index in [-0.39, 0.29) is 0 Å². The maximum Gasteiger partial charge on any atom is 0.135 e. The average Bonchev–Trinajstić information content (AvgIpc) is 3.38. The standard InChI is InChI=1S/C18H24N4O2/c1-23-14-6-7-15-16(3-2-10-24-17(15)11-14)19-8-9-22-12-20-21-18(22)13-4-5-13/h6-7,11-13,16,19H,2-5,8-10H2,1H3/t16-/m1/s1. The summed E-state index contributed by atoms with van der Waals surface area (Å²) >= 11 is 0. The summed E-state index contributed by atoms with van der Waals surface area (Å²) in [6.45, 7) is 2.56. The van der Waals surface area contributed by atoms with E-state index in [4.69, 9.17) is 9.47 Å². The van der Waals surface area contributed by atoms with Gasteiger partial charge in [-0.25, -0.2) is 0 Å². The summed E-state index contributed by atoms with van der Waals surface area (Å²) in [7, 11) is 1.69. The molecule has 1 aliphatic carbocycles. The number of fused-ring (bicyclic) bond motifs is 1. The molecule has 0 spiro atoms. The second-order valence-corrected chi connectivity index (χ2v) is 6.56. The Morgan fingerprint density at radius 3 is 3.08 bits per heavy atom. The van der Waals surface area contributed by atoms with Crippen molar-refractivity contribution >= 4 is 0 Å². The number of methoxy groups -OCH3 is 1. The molecule has 4 rings (SSSR count). The van der Waals surface area contributed by atoms with Crippen molar-refractivity contribution in [3.63, 3.8) is 0 Å². The van der Waals surface area contributed by atoms with Gasteiger partial charge in [0.15, 0.2) is 0 Å². The highest BCUT2D eigenvalue weighted by Crippen LogP contribution is 2.38. The molecule has 128 valence electrons. The summed E-state index contributed by atoms with van der Waals surface area (Å²) < 4.78 is 13.4. The third-order valence-corrected chi connectivity index (χ3v) is 4.82. The van der Waals surface area contributed by atoms with Crippen molar-refractivity contribution in [3.8, 4) is 11.5 Å². The van der Waals surface area contributed by atoms with Crippen molar-refractivity contribution in [2.24, 2.45) is 0 Å². The first-order valence-corrected chi connectivity index (χ1v) is 8.77. The Kier molecular flexibility index (Phi) is 4.38. The molecule has 0 bridgehead atoms. The van der Waals surface area contributed by atoms with E-state index >= 15 is 0 Å². The number of hydrogen-bond acceptors (Lipinski definition) is 5. The van der Waals surface area contributed by atoms with Gasteiger partial charge in [-0.2, -0.15) is 0 Å². The molecule has 1 saturated carbocycles. The van der Waals surface area contributed by atoms with Crippen LogP contribution in [0, 0.1) is 0 Å². The molecule has 1 aromatic carbocycles. The maximum absolute atomic E-state index is 5.89. The number of hydrogen-bond donors (Lipinski definition) is 1. The van der Waals surface area contributed by atoms with Crippen LogP contribution in [0.1, 0.15) is 49.0 Å². The van der Waals surface area contributed by atoms with Gasteiger partial charge in [0.05, 0.1) is 13.7 Å². The minimum Gasteiger partial charge on any atom is -0.497 e. The van der Waals surface area contributed by atoms with Gasteiger partial charge in [0, 0.05) is 36.7 Å². The molecule has 1 aromatic heterocycles. The zero-order valence-electron chi connectivity index (χ0n) is 14.1. The van der Waals surface area contributed by atoms with Crippen LogP contribution >= 0.6 is 0 Å². The van der Waals surface area contributed by atoms with Crippen LogP contribution in [-0.4, -0.2) is 35.0 Å². The zero-order chi connectivity index (χ0) is 16.4. The summed E-state index contributed by atoms with van der Waals surface area (Å²) in [5.74, 6) is 3.55. The van der Waals surface area contributed by atoms with Crippen LogP contribution in [0.4, 0.5) is 0 Å². The second-order valence-electron chi connectivity index (χ2n) is 6.56. The third-order valence-electron chi connectivity index (χ3n) is 4.82. The fourth-order valence-electron chi connectivity index (χ4n) is 3.34. The van der Waals surface area contributed by atoms with Gasteiger partial charge in [0.2, 0.25) is 0 Å². The van der Waals surface area contributed by atoms with Crippen molar-refractivity contribution in [1.29, 1.82) is 0 Å². The molecular weight excluding hydrogens is 304 g/mol. The topological polar surface area (TPSA) is 61.2 Å². The molecular formula is C18H24N4O2. The van der Waals surface area contributed by atoms with Crippen molar-refractivity contribution in [1.82, 2.24) is 20.1 Å². The molecule has 2 aliphatic rings. The predicted octanol–water partition coefficient (Wildman–Crippen LogP) is 2.67. The lowest BCUT2D eigenvalue weighted by molar-refractivity contribution is 0.312. The molecule has 2 aromatic rings. The fraction of sp³-hybridized carbons (Fsp3) is 0.556. The molecule has 1 atom stereocenters. The molecule has 0 unspecified atom stereocenters. The van der Waals surface area contributed by atoms with E-state index in [1.807, 2.05) is 18.5 Å². The largest absolute Gasteiger partial charge is 0.497 e. The first-order valence-electron chi connectivity index (χ1n) is 8.77. The first kappa shape index (κ1) is 15.4. The lowest BCUT2D eigenvalue weighted by atomic mass is 10.0. The van der Waals surface area contributed by atoms with Crippen molar-refractivity contribution in [2.45, 2.75) is 44.2 Å². The Hall–Kier alpha value is -2.08. The van der Waals surface area contributed by atoms with Gasteiger partial charge in [0.1, 0.15) is 23.7 Å². The summed E-state index contributed by atoms with van der Waals surface area (Å²) in [6, 6.07) is 6.42. The molecule has 0 saturated heterocycles. The number of benzene rings is 1. The highest BCUT2D eigenvalue weighted by atomic mass is 16.5. The molecule has 0 amide bonds. The lowest BCUT2D eigenvalue weighted by Crippen LogP contribution is -2.25. The Morgan fingerprint density at radius 1 is 1.33 bits per heavy atom. The van der Waals surface area contributed by atoms with Crippen molar-refractivity contribution in [2.75, 3.05) is 20.3 Å². The minimum absolute atomic E-state index is 0.314. The molecule has 2 heterocycles. The van der Waals surface area contributed by atoms with Crippen LogP contribution in [0.5, 0.6) is 11.5 Å². The maximum atomic E-state index is 5.89. The summed E-state index contributed by atoms with van der Waals surface area (Å²) in [6.07, 6.45) is 6.48. The zero-order valence-corrected chi connectivity index (χ0v) is 14.1. The number of ether oxygens (including phenoxy) is 2. The SMILES string of the molecule is COc1ccc2c(c1)OCCC[C@H]2NCCn1cnnc1C1CC1. The van der Waals surface area contributed by atoms with Gasteiger partial charge < -0.3 is 19.4 Å². The van der Waals surface area contributed by atoms with E-state index in [9.17, 15) is 0 Å². The van der Waals surface area contributed by atoms with Crippen LogP contribution in [0.3, 0.4) is 0 Å². The van der Waals surface area contributed by atoms with Gasteiger partial charge in [0.25, 0.3) is 0 Å². The molecule has 0 radical (unpaired) electrons. The van der Waals surface area contributed by atoms with E-state index in [1.165, 1.54) is 18.4 Å². The van der Waals surface area contributed by atoms with Crippen LogP contribution in [0.25, 0.3) is 0 Å². The molecule has 6 nitrogen and oxygen atoms in total. The van der Waals surface area contributed by atoms with Crippen LogP contribution in [-0.2, 0) is 6.54 Å². The predicted molar refractivity (Wildman–Crippen MR) is 90.5 cm³/mol. The van der Waals surface area contributed by atoms with Gasteiger partial charge >= 0.3 is 0 Å². The van der Waals surface area contributed by atoms with E-state index < -0.39 is 0 Å². The lowest BCUT2D eigenvalue weighted by Gasteiger charge is -2.19. The van der Waals surface area contributed by atoms with Gasteiger partial charge in [-0.3, -0.25) is 0 Å². The number of rotatable bonds is 6. The molecule has 6 heteroatoms. The smallest absolute Gasteiger partial charge is 0.135 e. The Balaban J connectivity index is 1.42. The van der Waals surface area contributed by atoms with Crippen LogP contribution in [0.2, 0.25) is 0 Å². The number of nitrogens with zero attached hydrogens (tertiary/aromatic N) is 3. The summed E-state index contributed by atoms with van der Waals surface area (Å²) in [5.41, 5.74) is 1.22. The number of aromatic nitrogens is 3. The Bertz CT molecular complexity index is 696. The summed E-state index contributed by atoms with van der Waals surface area (Å²) in [4.78, 5) is 0. The van der Waals surface area contributed by atoms with Crippen LogP contribution < -0.4 is 14.8 Å². The normalized spacial score (nSPS) is 20.1. The van der Waals surface area contributed by atoms with Crippen molar-refractivity contribution < 1.29 is 9.47 Å². The monoisotopic (exact) mass is 328 g/mol. The van der Waals surface area contributed by atoms with Gasteiger partial charge in [-0.1, -0.05) is 6.07 Å². The average molecular weight is 328 g/mol. The van der Waals surface area contributed by atoms with Crippen molar-refractivity contribution in [3.05, 3.63) is 35.9 Å². The molecule has 1 N–H and O–H groups in total. The summed E-state index contributed by atoms with van der Waals surface area (Å²) in [5, 5.41) is 12.0. The molecule has 1 aliphatic heterocycles. The van der Waals surface area contributed by atoms with Crippen LogP contribution in [0.15, 0.2) is 24.5 Å².